The van der Waals surface area contributed by atoms with Crippen LogP contribution < -0.4 is 10.6 Å². The van der Waals surface area contributed by atoms with Crippen LogP contribution >= 0.6 is 0 Å². The van der Waals surface area contributed by atoms with Crippen LogP contribution in [0.3, 0.4) is 0 Å². The maximum absolute atomic E-state index is 12.5. The van der Waals surface area contributed by atoms with E-state index in [1.807, 2.05) is 32.9 Å². The highest BCUT2D eigenvalue weighted by Gasteiger charge is 2.32. The Morgan fingerprint density at radius 1 is 1.29 bits per heavy atom. The van der Waals surface area contributed by atoms with Crippen molar-refractivity contribution in [3.8, 4) is 11.4 Å². The summed E-state index contributed by atoms with van der Waals surface area (Å²) in [6, 6.07) is 3.35. The molecule has 1 saturated heterocycles. The number of pyridine rings is 1. The quantitative estimate of drug-likeness (QED) is 0.839. The van der Waals surface area contributed by atoms with Gasteiger partial charge in [-0.1, -0.05) is 25.9 Å². The molecule has 128 valence electrons. The van der Waals surface area contributed by atoms with Crippen LogP contribution in [0.2, 0.25) is 0 Å². The normalized spacial score (nSPS) is 17.3. The van der Waals surface area contributed by atoms with Crippen molar-refractivity contribution in [2.24, 2.45) is 17.8 Å². The number of aromatic nitrogens is 3. The molecule has 1 fully saturated rings. The summed E-state index contributed by atoms with van der Waals surface area (Å²) in [5, 5.41) is 10.3. The number of amides is 1. The first kappa shape index (κ1) is 16.6. The van der Waals surface area contributed by atoms with E-state index in [9.17, 15) is 4.79 Å². The molecule has 2 aromatic rings. The van der Waals surface area contributed by atoms with Gasteiger partial charge in [0.05, 0.1) is 0 Å². The monoisotopic (exact) mass is 329 g/mol. The largest absolute Gasteiger partial charge is 0.344 e. The molecule has 7 heteroatoms. The Labute approximate surface area is 141 Å². The minimum Gasteiger partial charge on any atom is -0.344 e. The first-order valence-electron chi connectivity index (χ1n) is 8.31. The average Bonchev–Trinajstić information content (AvgIpc) is 3.00. The lowest BCUT2D eigenvalue weighted by atomic mass is 9.88. The van der Waals surface area contributed by atoms with Gasteiger partial charge in [-0.25, -0.2) is 0 Å². The van der Waals surface area contributed by atoms with Crippen molar-refractivity contribution in [2.75, 3.05) is 13.1 Å². The second kappa shape index (κ2) is 7.09. The number of nitrogens with one attached hydrogen (secondary N) is 2. The van der Waals surface area contributed by atoms with E-state index in [1.165, 1.54) is 0 Å². The maximum Gasteiger partial charge on any atom is 0.249 e. The van der Waals surface area contributed by atoms with Crippen molar-refractivity contribution in [2.45, 2.75) is 26.8 Å². The van der Waals surface area contributed by atoms with Crippen LogP contribution in [-0.4, -0.2) is 34.1 Å². The Bertz CT molecular complexity index is 681. The van der Waals surface area contributed by atoms with Gasteiger partial charge in [0.15, 0.2) is 0 Å². The molecule has 2 unspecified atom stereocenters. The van der Waals surface area contributed by atoms with Gasteiger partial charge in [0.25, 0.3) is 0 Å². The van der Waals surface area contributed by atoms with Crippen molar-refractivity contribution in [1.82, 2.24) is 25.8 Å². The summed E-state index contributed by atoms with van der Waals surface area (Å²) in [5.41, 5.74) is 0.836. The SMILES string of the molecule is CC(C)C(NC(=O)C(C)C1CNC1)c1nc(-c2ccncc2)no1. The van der Waals surface area contributed by atoms with Gasteiger partial charge in [0, 0.05) is 23.9 Å². The van der Waals surface area contributed by atoms with Crippen molar-refractivity contribution in [1.29, 1.82) is 0 Å². The van der Waals surface area contributed by atoms with Crippen molar-refractivity contribution < 1.29 is 9.32 Å². The van der Waals surface area contributed by atoms with Gasteiger partial charge in [0.1, 0.15) is 6.04 Å². The molecule has 2 atom stereocenters. The molecule has 2 aromatic heterocycles. The van der Waals surface area contributed by atoms with Gasteiger partial charge in [0.2, 0.25) is 17.6 Å². The highest BCUT2D eigenvalue weighted by atomic mass is 16.5. The van der Waals surface area contributed by atoms with Gasteiger partial charge in [-0.2, -0.15) is 4.98 Å². The van der Waals surface area contributed by atoms with Crippen molar-refractivity contribution in [3.63, 3.8) is 0 Å². The number of carbonyl (C=O) groups excluding carboxylic acids is 1. The molecular formula is C17H23N5O2. The molecule has 3 rings (SSSR count). The minimum absolute atomic E-state index is 0.0314. The van der Waals surface area contributed by atoms with Gasteiger partial charge in [-0.3, -0.25) is 9.78 Å². The second-order valence-corrected chi connectivity index (χ2v) is 6.63. The molecule has 0 aliphatic carbocycles. The predicted octanol–water partition coefficient (Wildman–Crippen LogP) is 1.80. The number of rotatable bonds is 6. The fourth-order valence-corrected chi connectivity index (χ4v) is 2.66. The summed E-state index contributed by atoms with van der Waals surface area (Å²) in [5.74, 6) is 1.48. The lowest BCUT2D eigenvalue weighted by Gasteiger charge is -2.32. The zero-order valence-corrected chi connectivity index (χ0v) is 14.2. The Morgan fingerprint density at radius 3 is 2.58 bits per heavy atom. The van der Waals surface area contributed by atoms with Gasteiger partial charge >= 0.3 is 0 Å². The van der Waals surface area contributed by atoms with Crippen molar-refractivity contribution >= 4 is 5.91 Å². The summed E-state index contributed by atoms with van der Waals surface area (Å²) in [6.45, 7) is 7.81. The lowest BCUT2D eigenvalue weighted by molar-refractivity contribution is -0.128. The molecule has 2 N–H and O–H groups in total. The molecule has 1 aliphatic rings. The summed E-state index contributed by atoms with van der Waals surface area (Å²) in [4.78, 5) is 20.9. The van der Waals surface area contributed by atoms with Crippen LogP contribution in [0.1, 0.15) is 32.7 Å². The van der Waals surface area contributed by atoms with E-state index in [2.05, 4.69) is 25.8 Å². The van der Waals surface area contributed by atoms with Crippen molar-refractivity contribution in [3.05, 3.63) is 30.4 Å². The van der Waals surface area contributed by atoms with E-state index in [1.54, 1.807) is 12.4 Å². The molecule has 0 radical (unpaired) electrons. The zero-order chi connectivity index (χ0) is 17.1. The van der Waals surface area contributed by atoms with Crippen LogP contribution in [0.15, 0.2) is 29.0 Å². The van der Waals surface area contributed by atoms with E-state index in [4.69, 9.17) is 4.52 Å². The van der Waals surface area contributed by atoms with Gasteiger partial charge < -0.3 is 15.2 Å². The minimum atomic E-state index is -0.295. The van der Waals surface area contributed by atoms with Crippen LogP contribution in [0.5, 0.6) is 0 Å². The third kappa shape index (κ3) is 3.46. The highest BCUT2D eigenvalue weighted by molar-refractivity contribution is 5.79. The van der Waals surface area contributed by atoms with Crippen LogP contribution in [-0.2, 0) is 4.79 Å². The van der Waals surface area contributed by atoms with Gasteiger partial charge in [-0.05, 0) is 37.1 Å². The Balaban J connectivity index is 1.74. The summed E-state index contributed by atoms with van der Waals surface area (Å²) in [7, 11) is 0. The van der Waals surface area contributed by atoms with E-state index < -0.39 is 0 Å². The van der Waals surface area contributed by atoms with E-state index in [-0.39, 0.29) is 23.8 Å². The topological polar surface area (TPSA) is 92.9 Å². The molecule has 24 heavy (non-hydrogen) atoms. The fourth-order valence-electron chi connectivity index (χ4n) is 2.66. The molecule has 0 bridgehead atoms. The Kier molecular flexibility index (Phi) is 4.89. The number of carbonyl (C=O) groups is 1. The van der Waals surface area contributed by atoms with Crippen LogP contribution in [0, 0.1) is 17.8 Å². The first-order chi connectivity index (χ1) is 11.6. The molecule has 0 saturated carbocycles. The molecule has 0 aromatic carbocycles. The fraction of sp³-hybridized carbons (Fsp3) is 0.529. The van der Waals surface area contributed by atoms with Gasteiger partial charge in [-0.15, -0.1) is 0 Å². The summed E-state index contributed by atoms with van der Waals surface area (Å²) < 4.78 is 5.42. The summed E-state index contributed by atoms with van der Waals surface area (Å²) >= 11 is 0. The third-order valence-corrected chi connectivity index (χ3v) is 4.54. The molecular weight excluding hydrogens is 306 g/mol. The Morgan fingerprint density at radius 2 is 2.00 bits per heavy atom. The lowest BCUT2D eigenvalue weighted by Crippen LogP contribution is -2.50. The number of hydrogen-bond donors (Lipinski definition) is 2. The molecule has 1 aliphatic heterocycles. The standard InChI is InChI=1S/C17H23N5O2/c1-10(2)14(20-16(23)11(3)13-8-19-9-13)17-21-15(22-24-17)12-4-6-18-7-5-12/h4-7,10-11,13-14,19H,8-9H2,1-3H3,(H,20,23). The van der Waals surface area contributed by atoms with E-state index in [0.717, 1.165) is 18.7 Å². The van der Waals surface area contributed by atoms with Crippen LogP contribution in [0.25, 0.3) is 11.4 Å². The molecule has 0 spiro atoms. The molecule has 3 heterocycles. The highest BCUT2D eigenvalue weighted by Crippen LogP contribution is 2.25. The maximum atomic E-state index is 12.5. The molecule has 1 amide bonds. The van der Waals surface area contributed by atoms with E-state index >= 15 is 0 Å². The molecule has 7 nitrogen and oxygen atoms in total. The zero-order valence-electron chi connectivity index (χ0n) is 14.2. The Hall–Kier alpha value is -2.28. The predicted molar refractivity (Wildman–Crippen MR) is 88.8 cm³/mol. The second-order valence-electron chi connectivity index (χ2n) is 6.63. The number of nitrogens with zero attached hydrogens (tertiary/aromatic N) is 3. The van der Waals surface area contributed by atoms with Crippen LogP contribution in [0.4, 0.5) is 0 Å². The average molecular weight is 329 g/mol. The third-order valence-electron chi connectivity index (χ3n) is 4.54. The number of hydrogen-bond acceptors (Lipinski definition) is 6. The smallest absolute Gasteiger partial charge is 0.249 e. The van der Waals surface area contributed by atoms with E-state index in [0.29, 0.717) is 17.6 Å². The first-order valence-corrected chi connectivity index (χ1v) is 8.31. The summed E-state index contributed by atoms with van der Waals surface area (Å²) in [6.07, 6.45) is 3.36.